The average molecular weight is 306 g/mol. The van der Waals surface area contributed by atoms with E-state index in [4.69, 9.17) is 4.74 Å². The zero-order chi connectivity index (χ0) is 12.8. The Morgan fingerprint density at radius 3 is 2.94 bits per heavy atom. The van der Waals surface area contributed by atoms with Crippen LogP contribution in [0.1, 0.15) is 10.4 Å². The van der Waals surface area contributed by atoms with E-state index in [-0.39, 0.29) is 18.7 Å². The molecule has 0 aromatic heterocycles. The molecule has 0 aliphatic carbocycles. The van der Waals surface area contributed by atoms with E-state index in [9.17, 15) is 14.3 Å². The van der Waals surface area contributed by atoms with Gasteiger partial charge in [0.05, 0.1) is 18.3 Å². The number of halogens is 2. The highest BCUT2D eigenvalue weighted by molar-refractivity contribution is 9.10. The van der Waals surface area contributed by atoms with Gasteiger partial charge in [-0.3, -0.25) is 4.79 Å². The first-order valence-corrected chi connectivity index (χ1v) is 5.74. The topological polar surface area (TPSA) is 58.6 Å². The Labute approximate surface area is 107 Å². The van der Waals surface area contributed by atoms with Gasteiger partial charge in [0, 0.05) is 18.1 Å². The number of hydrogen-bond donors (Lipinski definition) is 2. The summed E-state index contributed by atoms with van der Waals surface area (Å²) in [5.74, 6) is -1.18. The summed E-state index contributed by atoms with van der Waals surface area (Å²) in [5.41, 5.74) is -0.0576. The summed E-state index contributed by atoms with van der Waals surface area (Å²) in [6.07, 6.45) is -0.803. The highest BCUT2D eigenvalue weighted by Gasteiger charge is 2.13. The van der Waals surface area contributed by atoms with Gasteiger partial charge < -0.3 is 15.2 Å². The van der Waals surface area contributed by atoms with Crippen LogP contribution in [0, 0.1) is 5.82 Å². The molecule has 0 spiro atoms. The van der Waals surface area contributed by atoms with Crippen molar-refractivity contribution in [2.24, 2.45) is 0 Å². The molecular weight excluding hydrogens is 293 g/mol. The number of methoxy groups -OCH3 is 1. The molecule has 0 radical (unpaired) electrons. The number of amides is 1. The van der Waals surface area contributed by atoms with Crippen LogP contribution < -0.4 is 5.32 Å². The lowest BCUT2D eigenvalue weighted by Crippen LogP contribution is -2.34. The van der Waals surface area contributed by atoms with Crippen LogP contribution >= 0.6 is 15.9 Å². The van der Waals surface area contributed by atoms with Crippen molar-refractivity contribution in [2.75, 3.05) is 20.3 Å². The van der Waals surface area contributed by atoms with E-state index in [1.807, 2.05) is 0 Å². The van der Waals surface area contributed by atoms with E-state index in [0.717, 1.165) is 0 Å². The molecule has 0 aliphatic heterocycles. The van der Waals surface area contributed by atoms with Gasteiger partial charge in [-0.15, -0.1) is 0 Å². The van der Waals surface area contributed by atoms with Crippen molar-refractivity contribution in [3.63, 3.8) is 0 Å². The summed E-state index contributed by atoms with van der Waals surface area (Å²) in [7, 11) is 1.44. The van der Waals surface area contributed by atoms with Gasteiger partial charge in [-0.25, -0.2) is 4.39 Å². The standard InChI is InChI=1S/C11H13BrFNO3/c1-17-6-8(15)5-14-11(16)9-3-2-7(12)4-10(9)13/h2-4,8,15H,5-6H2,1H3,(H,14,16). The molecule has 17 heavy (non-hydrogen) atoms. The predicted octanol–water partition coefficient (Wildman–Crippen LogP) is 1.33. The highest BCUT2D eigenvalue weighted by Crippen LogP contribution is 2.15. The van der Waals surface area contributed by atoms with Crippen molar-refractivity contribution >= 4 is 21.8 Å². The van der Waals surface area contributed by atoms with Crippen LogP contribution in [-0.4, -0.2) is 37.4 Å². The first kappa shape index (κ1) is 14.1. The summed E-state index contributed by atoms with van der Waals surface area (Å²) in [6.45, 7) is 0.130. The Morgan fingerprint density at radius 2 is 2.35 bits per heavy atom. The van der Waals surface area contributed by atoms with Crippen molar-refractivity contribution in [1.82, 2.24) is 5.32 Å². The number of aliphatic hydroxyl groups is 1. The maximum Gasteiger partial charge on any atom is 0.254 e. The number of rotatable bonds is 5. The Bertz CT molecular complexity index is 400. The van der Waals surface area contributed by atoms with Crippen LogP contribution in [0.25, 0.3) is 0 Å². The molecule has 6 heteroatoms. The first-order chi connectivity index (χ1) is 8.04. The van der Waals surface area contributed by atoms with Crippen molar-refractivity contribution in [1.29, 1.82) is 0 Å². The van der Waals surface area contributed by atoms with Crippen LogP contribution in [0.2, 0.25) is 0 Å². The molecule has 1 atom stereocenters. The SMILES string of the molecule is COCC(O)CNC(=O)c1ccc(Br)cc1F. The second-order valence-corrected chi connectivity index (χ2v) is 4.36. The maximum atomic E-state index is 13.4. The van der Waals surface area contributed by atoms with Crippen molar-refractivity contribution in [2.45, 2.75) is 6.10 Å². The molecule has 4 nitrogen and oxygen atoms in total. The predicted molar refractivity (Wildman–Crippen MR) is 64.3 cm³/mol. The number of nitrogens with one attached hydrogen (secondary N) is 1. The zero-order valence-corrected chi connectivity index (χ0v) is 10.8. The number of aliphatic hydroxyl groups excluding tert-OH is 1. The van der Waals surface area contributed by atoms with Crippen LogP contribution in [0.5, 0.6) is 0 Å². The van der Waals surface area contributed by atoms with E-state index >= 15 is 0 Å². The largest absolute Gasteiger partial charge is 0.389 e. The fraction of sp³-hybridized carbons (Fsp3) is 0.364. The molecule has 1 aromatic carbocycles. The lowest BCUT2D eigenvalue weighted by molar-refractivity contribution is 0.0609. The lowest BCUT2D eigenvalue weighted by atomic mass is 10.2. The van der Waals surface area contributed by atoms with Gasteiger partial charge in [-0.1, -0.05) is 15.9 Å². The summed E-state index contributed by atoms with van der Waals surface area (Å²) in [6, 6.07) is 4.15. The van der Waals surface area contributed by atoms with Crippen molar-refractivity contribution < 1.29 is 19.0 Å². The Kier molecular flexibility index (Phi) is 5.54. The van der Waals surface area contributed by atoms with Crippen molar-refractivity contribution in [3.8, 4) is 0 Å². The monoisotopic (exact) mass is 305 g/mol. The molecule has 0 fully saturated rings. The minimum absolute atomic E-state index is 0.0160. The molecule has 94 valence electrons. The van der Waals surface area contributed by atoms with Crippen molar-refractivity contribution in [3.05, 3.63) is 34.1 Å². The fourth-order valence-electron chi connectivity index (χ4n) is 1.23. The minimum Gasteiger partial charge on any atom is -0.389 e. The third-order valence-electron chi connectivity index (χ3n) is 2.03. The maximum absolute atomic E-state index is 13.4. The van der Waals surface area contributed by atoms with Gasteiger partial charge in [-0.05, 0) is 18.2 Å². The molecule has 0 bridgehead atoms. The number of ether oxygens (including phenoxy) is 1. The Hall–Kier alpha value is -0.980. The Morgan fingerprint density at radius 1 is 1.65 bits per heavy atom. The van der Waals surface area contributed by atoms with Gasteiger partial charge in [0.25, 0.3) is 5.91 Å². The van der Waals surface area contributed by atoms with E-state index in [1.165, 1.54) is 19.2 Å². The molecular formula is C11H13BrFNO3. The molecule has 0 saturated carbocycles. The van der Waals surface area contributed by atoms with Crippen LogP contribution in [0.4, 0.5) is 4.39 Å². The second-order valence-electron chi connectivity index (χ2n) is 3.44. The quantitative estimate of drug-likeness (QED) is 0.863. The van der Waals surface area contributed by atoms with Crippen LogP contribution in [0.15, 0.2) is 22.7 Å². The molecule has 1 amide bonds. The van der Waals surface area contributed by atoms with Gasteiger partial charge in [0.15, 0.2) is 0 Å². The average Bonchev–Trinajstić information content (AvgIpc) is 2.26. The smallest absolute Gasteiger partial charge is 0.254 e. The molecule has 1 aromatic rings. The molecule has 1 unspecified atom stereocenters. The van der Waals surface area contributed by atoms with E-state index in [2.05, 4.69) is 21.2 Å². The van der Waals surface area contributed by atoms with Crippen LogP contribution in [0.3, 0.4) is 0 Å². The second kappa shape index (κ2) is 6.68. The first-order valence-electron chi connectivity index (χ1n) is 4.95. The number of carbonyl (C=O) groups excluding carboxylic acids is 1. The van der Waals surface area contributed by atoms with Gasteiger partial charge >= 0.3 is 0 Å². The number of hydrogen-bond acceptors (Lipinski definition) is 3. The van der Waals surface area contributed by atoms with Gasteiger partial charge in [0.2, 0.25) is 0 Å². The summed E-state index contributed by atoms with van der Waals surface area (Å²) < 4.78 is 18.7. The number of benzene rings is 1. The third kappa shape index (κ3) is 4.41. The number of carbonyl (C=O) groups is 1. The lowest BCUT2D eigenvalue weighted by Gasteiger charge is -2.11. The summed E-state index contributed by atoms with van der Waals surface area (Å²) >= 11 is 3.10. The van der Waals surface area contributed by atoms with E-state index in [0.29, 0.717) is 4.47 Å². The zero-order valence-electron chi connectivity index (χ0n) is 9.24. The molecule has 0 saturated heterocycles. The minimum atomic E-state index is -0.803. The molecule has 1 rings (SSSR count). The molecule has 0 aliphatic rings. The van der Waals surface area contributed by atoms with Gasteiger partial charge in [0.1, 0.15) is 5.82 Å². The van der Waals surface area contributed by atoms with Gasteiger partial charge in [-0.2, -0.15) is 0 Å². The summed E-state index contributed by atoms with van der Waals surface area (Å²) in [4.78, 5) is 11.6. The third-order valence-corrected chi connectivity index (χ3v) is 2.53. The fourth-order valence-corrected chi connectivity index (χ4v) is 1.56. The van der Waals surface area contributed by atoms with E-state index < -0.39 is 17.8 Å². The highest BCUT2D eigenvalue weighted by atomic mass is 79.9. The Balaban J connectivity index is 2.58. The molecule has 0 heterocycles. The normalized spacial score (nSPS) is 12.2. The van der Waals surface area contributed by atoms with Crippen LogP contribution in [-0.2, 0) is 4.74 Å². The summed E-state index contributed by atoms with van der Waals surface area (Å²) in [5, 5.41) is 11.7. The molecule has 2 N–H and O–H groups in total. The van der Waals surface area contributed by atoms with E-state index in [1.54, 1.807) is 6.07 Å².